The van der Waals surface area contributed by atoms with E-state index >= 15 is 0 Å². The Hall–Kier alpha value is -18.3. The van der Waals surface area contributed by atoms with Crippen LogP contribution in [0.25, 0.3) is 166 Å². The van der Waals surface area contributed by atoms with Crippen molar-refractivity contribution in [3.63, 3.8) is 0 Å². The standard InChI is InChI=1S/C66H44N2O2.C64H44N2O/c1-3-13-51(14-4-1)67(55-41-33-49(34-42-55)57-19-11-21-61-59-17-7-9-23-63(59)69-65(57)61)53-37-29-47(30-38-53)45-25-27-46(28-26-45)48-31-39-54(40-32-48)68(52-15-5-2-6-16-52)56-43-35-50(36-44-56)58-20-12-22-62-60-18-8-10-24-64(60)70-66(58)62;1-3-13-45(14-4-1)47-25-35-53(36-26-47)65(54-37-27-48(28-38-54)46-15-5-2-6-16-46)55-39-29-49(30-40-55)50-31-41-56(42-32-50)66(62-23-11-18-51-17-7-8-19-58(51)62)57-43-33-52(34-44-57)59-21-12-22-61-60-20-9-10-24-63(60)67-64(59)61/h1-44H;1-44H. The van der Waals surface area contributed by atoms with Crippen LogP contribution in [0.5, 0.6) is 0 Å². The van der Waals surface area contributed by atoms with E-state index in [1.807, 2.05) is 36.4 Å². The number of furan rings is 3. The molecule has 7 heteroatoms. The molecular formula is C130H88N4O3. The first-order valence-electron chi connectivity index (χ1n) is 46.5. The van der Waals surface area contributed by atoms with Gasteiger partial charge in [0, 0.05) is 117 Å². The Morgan fingerprint density at radius 2 is 0.307 bits per heavy atom. The highest BCUT2D eigenvalue weighted by atomic mass is 16.3. The lowest BCUT2D eigenvalue weighted by Gasteiger charge is -2.27. The molecule has 0 unspecified atom stereocenters. The van der Waals surface area contributed by atoms with Crippen molar-refractivity contribution in [2.45, 2.75) is 0 Å². The molecule has 0 aliphatic heterocycles. The molecular weight excluding hydrogens is 1670 g/mol. The molecule has 25 rings (SSSR count). The van der Waals surface area contributed by atoms with Crippen LogP contribution in [0.15, 0.2) is 547 Å². The van der Waals surface area contributed by atoms with E-state index < -0.39 is 0 Å². The summed E-state index contributed by atoms with van der Waals surface area (Å²) in [6.07, 6.45) is 0. The molecule has 3 aromatic heterocycles. The number of hydrogen-bond donors (Lipinski definition) is 0. The highest BCUT2D eigenvalue weighted by Gasteiger charge is 2.24. The first kappa shape index (κ1) is 81.9. The lowest BCUT2D eigenvalue weighted by Crippen LogP contribution is -2.10. The number of hydrogen-bond acceptors (Lipinski definition) is 7. The van der Waals surface area contributed by atoms with Gasteiger partial charge in [0.05, 0.1) is 5.69 Å². The average molecular weight is 1750 g/mol. The second kappa shape index (κ2) is 36.1. The van der Waals surface area contributed by atoms with E-state index in [4.69, 9.17) is 13.3 Å². The topological polar surface area (TPSA) is 52.4 Å². The summed E-state index contributed by atoms with van der Waals surface area (Å²) in [6.45, 7) is 0. The fourth-order valence-electron chi connectivity index (χ4n) is 19.6. The molecule has 0 fully saturated rings. The third kappa shape index (κ3) is 16.0. The Balaban J connectivity index is 0.000000150. The summed E-state index contributed by atoms with van der Waals surface area (Å²) in [4.78, 5) is 9.31. The number of nitrogens with zero attached hydrogens (tertiary/aromatic N) is 4. The van der Waals surface area contributed by atoms with Crippen LogP contribution in [-0.4, -0.2) is 0 Å². The molecule has 0 saturated heterocycles. The molecule has 0 bridgehead atoms. The van der Waals surface area contributed by atoms with Crippen LogP contribution in [0, 0.1) is 0 Å². The van der Waals surface area contributed by atoms with Gasteiger partial charge >= 0.3 is 0 Å². The van der Waals surface area contributed by atoms with Gasteiger partial charge in [0.15, 0.2) is 0 Å². The minimum atomic E-state index is 0.903. The van der Waals surface area contributed by atoms with Crippen LogP contribution in [0.3, 0.4) is 0 Å². The Labute approximate surface area is 795 Å². The molecule has 0 spiro atoms. The van der Waals surface area contributed by atoms with Gasteiger partial charge in [0.2, 0.25) is 0 Å². The Kier molecular flexibility index (Phi) is 21.6. The fourth-order valence-corrected chi connectivity index (χ4v) is 19.6. The Morgan fingerprint density at radius 3 is 0.591 bits per heavy atom. The summed E-state index contributed by atoms with van der Waals surface area (Å²) in [5, 5.41) is 9.18. The van der Waals surface area contributed by atoms with Gasteiger partial charge in [0.25, 0.3) is 0 Å². The molecule has 22 aromatic carbocycles. The highest BCUT2D eigenvalue weighted by Crippen LogP contribution is 2.48. The van der Waals surface area contributed by atoms with Crippen LogP contribution in [0.1, 0.15) is 0 Å². The van der Waals surface area contributed by atoms with Crippen molar-refractivity contribution in [2.75, 3.05) is 19.6 Å². The lowest BCUT2D eigenvalue weighted by atomic mass is 9.99. The van der Waals surface area contributed by atoms with Crippen LogP contribution in [-0.2, 0) is 0 Å². The van der Waals surface area contributed by atoms with Gasteiger partial charge in [-0.2, -0.15) is 0 Å². The largest absolute Gasteiger partial charge is 0.455 e. The molecule has 3 heterocycles. The molecule has 0 saturated carbocycles. The summed E-state index contributed by atoms with van der Waals surface area (Å²) in [5.41, 5.74) is 36.8. The highest BCUT2D eigenvalue weighted by molar-refractivity contribution is 6.13. The van der Waals surface area contributed by atoms with E-state index in [1.54, 1.807) is 0 Å². The third-order valence-electron chi connectivity index (χ3n) is 26.4. The second-order valence-corrected chi connectivity index (χ2v) is 34.6. The fraction of sp³-hybridized carbons (Fsp3) is 0. The molecule has 0 atom stereocenters. The minimum absolute atomic E-state index is 0.903. The summed E-state index contributed by atoms with van der Waals surface area (Å²) in [6, 6.07) is 190. The predicted octanol–water partition coefficient (Wildman–Crippen LogP) is 37.4. The van der Waals surface area contributed by atoms with Crippen LogP contribution < -0.4 is 19.6 Å². The molecule has 0 aliphatic rings. The van der Waals surface area contributed by atoms with E-state index in [0.29, 0.717) is 0 Å². The van der Waals surface area contributed by atoms with E-state index in [2.05, 4.69) is 517 Å². The van der Waals surface area contributed by atoms with Gasteiger partial charge in [-0.15, -0.1) is 0 Å². The SMILES string of the molecule is c1ccc(-c2ccc(N(c3ccc(-c4ccccc4)cc3)c3ccc(-c4ccc(N(c5ccc(-c6cccc7c6oc6ccccc67)cc5)c5cccc6ccccc56)cc4)cc3)cc2)cc1.c1ccc(N(c2ccc(-c3ccc(-c4ccc(N(c5ccccc5)c5ccc(-c6cccc7c6oc6ccccc67)cc5)cc4)cc3)cc2)c2ccc(-c3cccc4c3oc3ccccc34)cc2)cc1. The number of anilines is 12. The maximum Gasteiger partial charge on any atom is 0.143 e. The van der Waals surface area contributed by atoms with E-state index in [9.17, 15) is 0 Å². The number of rotatable bonds is 20. The van der Waals surface area contributed by atoms with Gasteiger partial charge in [-0.3, -0.25) is 0 Å². The zero-order chi connectivity index (χ0) is 90.9. The first-order chi connectivity index (χ1) is 67.9. The third-order valence-corrected chi connectivity index (χ3v) is 26.4. The monoisotopic (exact) mass is 1750 g/mol. The summed E-state index contributed by atoms with van der Waals surface area (Å²) in [5.74, 6) is 0. The number of benzene rings is 22. The molecule has 137 heavy (non-hydrogen) atoms. The molecule has 0 N–H and O–H groups in total. The summed E-state index contributed by atoms with van der Waals surface area (Å²) < 4.78 is 19.2. The smallest absolute Gasteiger partial charge is 0.143 e. The number of fused-ring (bicyclic) bond motifs is 10. The molecule has 25 aromatic rings. The molecule has 7 nitrogen and oxygen atoms in total. The van der Waals surface area contributed by atoms with Crippen LogP contribution in [0.2, 0.25) is 0 Å². The van der Waals surface area contributed by atoms with Crippen molar-refractivity contribution >= 4 is 145 Å². The average Bonchev–Trinajstić information content (AvgIpc) is 1.74. The number of para-hydroxylation sites is 8. The van der Waals surface area contributed by atoms with E-state index in [-0.39, 0.29) is 0 Å². The van der Waals surface area contributed by atoms with Gasteiger partial charge in [-0.05, 0) is 235 Å². The zero-order valence-electron chi connectivity index (χ0n) is 74.8. The quantitative estimate of drug-likeness (QED) is 0.0754. The van der Waals surface area contributed by atoms with Crippen LogP contribution >= 0.6 is 0 Å². The second-order valence-electron chi connectivity index (χ2n) is 34.6. The predicted molar refractivity (Wildman–Crippen MR) is 574 cm³/mol. The van der Waals surface area contributed by atoms with Crippen molar-refractivity contribution in [2.24, 2.45) is 0 Å². The lowest BCUT2D eigenvalue weighted by molar-refractivity contribution is 0.669. The molecule has 0 radical (unpaired) electrons. The summed E-state index contributed by atoms with van der Waals surface area (Å²) >= 11 is 0. The van der Waals surface area contributed by atoms with Crippen LogP contribution in [0.4, 0.5) is 68.2 Å². The van der Waals surface area contributed by atoms with Crippen molar-refractivity contribution in [1.29, 1.82) is 0 Å². The maximum atomic E-state index is 6.43. The van der Waals surface area contributed by atoms with E-state index in [1.165, 1.54) is 33.0 Å². The Morgan fingerprint density at radius 1 is 0.117 bits per heavy atom. The zero-order valence-corrected chi connectivity index (χ0v) is 74.8. The van der Waals surface area contributed by atoms with Gasteiger partial charge in [-0.25, -0.2) is 0 Å². The maximum absolute atomic E-state index is 6.43. The van der Waals surface area contributed by atoms with Crippen molar-refractivity contribution in [3.8, 4) is 89.0 Å². The normalized spacial score (nSPS) is 11.4. The molecule has 646 valence electrons. The summed E-state index contributed by atoms with van der Waals surface area (Å²) in [7, 11) is 0. The minimum Gasteiger partial charge on any atom is -0.455 e. The first-order valence-corrected chi connectivity index (χ1v) is 46.5. The van der Waals surface area contributed by atoms with Crippen molar-refractivity contribution in [1.82, 2.24) is 0 Å². The van der Waals surface area contributed by atoms with Gasteiger partial charge < -0.3 is 32.9 Å². The molecule has 0 amide bonds. The Bertz CT molecular complexity index is 8260. The van der Waals surface area contributed by atoms with E-state index in [0.717, 1.165) is 201 Å². The van der Waals surface area contributed by atoms with Crippen molar-refractivity contribution in [3.05, 3.63) is 534 Å². The van der Waals surface area contributed by atoms with Crippen molar-refractivity contribution < 1.29 is 13.3 Å². The van der Waals surface area contributed by atoms with Gasteiger partial charge in [0.1, 0.15) is 33.5 Å². The van der Waals surface area contributed by atoms with Gasteiger partial charge in [-0.1, -0.05) is 376 Å². The molecule has 0 aliphatic carbocycles.